The van der Waals surface area contributed by atoms with Crippen LogP contribution < -0.4 is 10.2 Å². The number of thioether (sulfide) groups is 1. The summed E-state index contributed by atoms with van der Waals surface area (Å²) in [6.45, 7) is 4.90. The van der Waals surface area contributed by atoms with Crippen LogP contribution in [0.5, 0.6) is 0 Å². The van der Waals surface area contributed by atoms with Crippen LogP contribution in [0.4, 0.5) is 10.2 Å². The molecule has 0 aliphatic carbocycles. The summed E-state index contributed by atoms with van der Waals surface area (Å²) in [5.74, 6) is 1.09. The Balaban J connectivity index is 1.80. The molecule has 0 unspecified atom stereocenters. The monoisotopic (exact) mass is 424 g/mol. The van der Waals surface area contributed by atoms with E-state index < -0.39 is 0 Å². The Bertz CT molecular complexity index is 1010. The number of carbonyl (C=O) groups excluding carboxylic acids is 1. The van der Waals surface area contributed by atoms with Crippen LogP contribution in [0.2, 0.25) is 0 Å². The molecule has 0 radical (unpaired) electrons. The Morgan fingerprint density at radius 3 is 2.63 bits per heavy atom. The predicted octanol–water partition coefficient (Wildman–Crippen LogP) is 4.60. The Hall–Kier alpha value is -2.93. The van der Waals surface area contributed by atoms with Gasteiger partial charge in [0.05, 0.1) is 5.56 Å². The molecule has 2 heterocycles. The van der Waals surface area contributed by atoms with E-state index in [0.29, 0.717) is 22.7 Å². The Morgan fingerprint density at radius 2 is 1.93 bits per heavy atom. The maximum Gasteiger partial charge on any atom is 0.254 e. The van der Waals surface area contributed by atoms with Gasteiger partial charge in [-0.05, 0) is 59.7 Å². The van der Waals surface area contributed by atoms with E-state index >= 15 is 0 Å². The maximum absolute atomic E-state index is 13.4. The summed E-state index contributed by atoms with van der Waals surface area (Å²) >= 11 is 1.54. The number of carbonyl (C=O) groups is 1. The number of hydrogen-bond donors (Lipinski definition) is 1. The fraction of sp³-hybridized carbons (Fsp3) is 0.261. The normalized spacial score (nSPS) is 10.7. The van der Waals surface area contributed by atoms with Crippen molar-refractivity contribution in [2.75, 3.05) is 17.7 Å². The van der Waals surface area contributed by atoms with Gasteiger partial charge in [0, 0.05) is 32.5 Å². The van der Waals surface area contributed by atoms with E-state index in [-0.39, 0.29) is 18.3 Å². The van der Waals surface area contributed by atoms with Crippen molar-refractivity contribution >= 4 is 23.5 Å². The second kappa shape index (κ2) is 10.2. The number of benzene rings is 1. The van der Waals surface area contributed by atoms with Gasteiger partial charge in [0.25, 0.3) is 5.91 Å². The molecule has 0 aliphatic rings. The third-order valence-electron chi connectivity index (χ3n) is 4.58. The first-order valence-corrected chi connectivity index (χ1v) is 10.7. The highest BCUT2D eigenvalue weighted by Crippen LogP contribution is 2.28. The first kappa shape index (κ1) is 21.8. The largest absolute Gasteiger partial charge is 0.355 e. The number of amides is 1. The van der Waals surface area contributed by atoms with Crippen LogP contribution in [0.15, 0.2) is 59.9 Å². The zero-order valence-electron chi connectivity index (χ0n) is 17.4. The Kier molecular flexibility index (Phi) is 7.41. The molecule has 0 saturated carbocycles. The first-order valence-electron chi connectivity index (χ1n) is 9.75. The van der Waals surface area contributed by atoms with E-state index in [9.17, 15) is 9.18 Å². The number of nitrogens with zero attached hydrogens (tertiary/aromatic N) is 3. The smallest absolute Gasteiger partial charge is 0.254 e. The van der Waals surface area contributed by atoms with Crippen LogP contribution in [0.25, 0.3) is 0 Å². The fourth-order valence-corrected chi connectivity index (χ4v) is 3.93. The number of aryl methyl sites for hydroxylation is 1. The van der Waals surface area contributed by atoms with Gasteiger partial charge < -0.3 is 10.2 Å². The van der Waals surface area contributed by atoms with Crippen LogP contribution in [-0.2, 0) is 13.1 Å². The number of hydrogen-bond acceptors (Lipinski definition) is 5. The molecule has 2 aromatic heterocycles. The SMILES string of the molecule is CCSc1nc(N(C)Cc2ccncc2)cc(C)c1C(=O)NCc1cccc(F)c1. The van der Waals surface area contributed by atoms with Gasteiger partial charge in [-0.25, -0.2) is 9.37 Å². The van der Waals surface area contributed by atoms with Crippen molar-refractivity contribution in [3.8, 4) is 0 Å². The summed E-state index contributed by atoms with van der Waals surface area (Å²) in [7, 11) is 1.98. The standard InChI is InChI=1S/C23H25FN4OS/c1-4-30-23-21(22(29)26-14-18-6-5-7-19(24)13-18)16(2)12-20(27-23)28(3)15-17-8-10-25-11-9-17/h5-13H,4,14-15H2,1-3H3,(H,26,29). The highest BCUT2D eigenvalue weighted by molar-refractivity contribution is 7.99. The van der Waals surface area contributed by atoms with Crippen LogP contribution >= 0.6 is 11.8 Å². The summed E-state index contributed by atoms with van der Waals surface area (Å²) in [5.41, 5.74) is 3.27. The molecule has 30 heavy (non-hydrogen) atoms. The number of nitrogens with one attached hydrogen (secondary N) is 1. The molecule has 0 bridgehead atoms. The van der Waals surface area contributed by atoms with Gasteiger partial charge in [0.1, 0.15) is 16.7 Å². The van der Waals surface area contributed by atoms with Crippen LogP contribution in [0, 0.1) is 12.7 Å². The van der Waals surface area contributed by atoms with Crippen molar-refractivity contribution in [3.63, 3.8) is 0 Å². The Labute approximate surface area is 180 Å². The molecular formula is C23H25FN4OS. The molecular weight excluding hydrogens is 399 g/mol. The summed E-state index contributed by atoms with van der Waals surface area (Å²) in [5, 5.41) is 3.59. The lowest BCUT2D eigenvalue weighted by molar-refractivity contribution is 0.0946. The molecule has 0 aliphatic heterocycles. The first-order chi connectivity index (χ1) is 14.5. The van der Waals surface area contributed by atoms with E-state index in [4.69, 9.17) is 4.98 Å². The number of pyridine rings is 2. The van der Waals surface area contributed by atoms with Crippen molar-refractivity contribution in [1.29, 1.82) is 0 Å². The molecule has 0 atom stereocenters. The van der Waals surface area contributed by atoms with E-state index in [1.165, 1.54) is 23.9 Å². The van der Waals surface area contributed by atoms with Crippen LogP contribution in [0.3, 0.4) is 0 Å². The lowest BCUT2D eigenvalue weighted by Crippen LogP contribution is -2.26. The molecule has 1 aromatic carbocycles. The highest BCUT2D eigenvalue weighted by Gasteiger charge is 2.19. The number of rotatable bonds is 8. The van der Waals surface area contributed by atoms with Gasteiger partial charge in [-0.2, -0.15) is 0 Å². The molecule has 3 aromatic rings. The second-order valence-electron chi connectivity index (χ2n) is 6.93. The quantitative estimate of drug-likeness (QED) is 0.536. The number of halogens is 1. The van der Waals surface area contributed by atoms with Crippen molar-refractivity contribution in [3.05, 3.63) is 82.9 Å². The molecule has 0 fully saturated rings. The zero-order valence-corrected chi connectivity index (χ0v) is 18.2. The predicted molar refractivity (Wildman–Crippen MR) is 119 cm³/mol. The summed E-state index contributed by atoms with van der Waals surface area (Å²) < 4.78 is 13.4. The molecule has 5 nitrogen and oxygen atoms in total. The highest BCUT2D eigenvalue weighted by atomic mass is 32.2. The summed E-state index contributed by atoms with van der Waals surface area (Å²) in [6.07, 6.45) is 3.54. The van der Waals surface area contributed by atoms with Crippen LogP contribution in [0.1, 0.15) is 34.0 Å². The minimum atomic E-state index is -0.316. The second-order valence-corrected chi connectivity index (χ2v) is 8.19. The average Bonchev–Trinajstić information content (AvgIpc) is 2.73. The van der Waals surface area contributed by atoms with E-state index in [2.05, 4.69) is 15.2 Å². The van der Waals surface area contributed by atoms with Crippen molar-refractivity contribution in [1.82, 2.24) is 15.3 Å². The molecule has 3 rings (SSSR count). The lowest BCUT2D eigenvalue weighted by Gasteiger charge is -2.21. The summed E-state index contributed by atoms with van der Waals surface area (Å²) in [4.78, 5) is 23.8. The molecule has 0 saturated heterocycles. The van der Waals surface area contributed by atoms with Crippen molar-refractivity contribution < 1.29 is 9.18 Å². The van der Waals surface area contributed by atoms with E-state index in [0.717, 1.165) is 22.7 Å². The third kappa shape index (κ3) is 5.57. The number of anilines is 1. The minimum Gasteiger partial charge on any atom is -0.355 e. The van der Waals surface area contributed by atoms with Gasteiger partial charge in [-0.1, -0.05) is 19.1 Å². The van der Waals surface area contributed by atoms with E-state index in [1.54, 1.807) is 24.5 Å². The zero-order chi connectivity index (χ0) is 21.5. The van der Waals surface area contributed by atoms with Gasteiger partial charge in [0.15, 0.2) is 0 Å². The molecule has 1 N–H and O–H groups in total. The fourth-order valence-electron chi connectivity index (χ4n) is 3.10. The van der Waals surface area contributed by atoms with Crippen LogP contribution in [-0.4, -0.2) is 28.7 Å². The maximum atomic E-state index is 13.4. The third-order valence-corrected chi connectivity index (χ3v) is 5.44. The van der Waals surface area contributed by atoms with Crippen molar-refractivity contribution in [2.45, 2.75) is 32.0 Å². The van der Waals surface area contributed by atoms with Gasteiger partial charge in [-0.15, -0.1) is 11.8 Å². The average molecular weight is 425 g/mol. The molecule has 0 spiro atoms. The van der Waals surface area contributed by atoms with Crippen molar-refractivity contribution in [2.24, 2.45) is 0 Å². The minimum absolute atomic E-state index is 0.205. The van der Waals surface area contributed by atoms with Gasteiger partial charge in [0.2, 0.25) is 0 Å². The van der Waals surface area contributed by atoms with Gasteiger partial charge >= 0.3 is 0 Å². The molecule has 1 amide bonds. The topological polar surface area (TPSA) is 58.1 Å². The van der Waals surface area contributed by atoms with Gasteiger partial charge in [-0.3, -0.25) is 9.78 Å². The summed E-state index contributed by atoms with van der Waals surface area (Å²) in [6, 6.07) is 12.1. The Morgan fingerprint density at radius 1 is 1.17 bits per heavy atom. The number of aromatic nitrogens is 2. The molecule has 156 valence electrons. The lowest BCUT2D eigenvalue weighted by atomic mass is 10.1. The molecule has 7 heteroatoms. The van der Waals surface area contributed by atoms with E-state index in [1.807, 2.05) is 39.1 Å².